The fourth-order valence-electron chi connectivity index (χ4n) is 2.30. The van der Waals surface area contributed by atoms with Gasteiger partial charge in [0.1, 0.15) is 11.6 Å². The number of carbonyl (C=O) groups is 1. The zero-order chi connectivity index (χ0) is 16.2. The van der Waals surface area contributed by atoms with Gasteiger partial charge in [-0.05, 0) is 30.2 Å². The molecule has 1 heterocycles. The number of sulfone groups is 1. The van der Waals surface area contributed by atoms with Crippen molar-refractivity contribution in [1.29, 1.82) is 0 Å². The second kappa shape index (κ2) is 7.17. The van der Waals surface area contributed by atoms with Crippen molar-refractivity contribution in [2.45, 2.75) is 13.0 Å². The quantitative estimate of drug-likeness (QED) is 0.792. The standard InChI is InChI=1S/C14H19FN2O4S/c1-21-6-7-22(19,20)9-13(18)17-12-3-2-10-8-16-5-4-11(10)14(12)15/h2-3,16H,4-9H2,1H3,(H,17,18). The fraction of sp³-hybridized carbons (Fsp3) is 0.500. The summed E-state index contributed by atoms with van der Waals surface area (Å²) in [6, 6.07) is 3.19. The van der Waals surface area contributed by atoms with Gasteiger partial charge in [0, 0.05) is 13.7 Å². The first-order valence-corrected chi connectivity index (χ1v) is 8.75. The number of anilines is 1. The molecule has 6 nitrogen and oxygen atoms in total. The van der Waals surface area contributed by atoms with Crippen LogP contribution in [0.1, 0.15) is 11.1 Å². The maximum atomic E-state index is 14.3. The van der Waals surface area contributed by atoms with Crippen molar-refractivity contribution in [3.8, 4) is 0 Å². The molecule has 1 amide bonds. The summed E-state index contributed by atoms with van der Waals surface area (Å²) in [7, 11) is -2.18. The number of benzene rings is 1. The first kappa shape index (κ1) is 16.9. The molecule has 122 valence electrons. The van der Waals surface area contributed by atoms with Gasteiger partial charge >= 0.3 is 0 Å². The predicted octanol–water partition coefficient (Wildman–Crippen LogP) is 0.471. The van der Waals surface area contributed by atoms with Crippen molar-refractivity contribution in [2.75, 3.05) is 37.1 Å². The second-order valence-corrected chi connectivity index (χ2v) is 7.31. The molecule has 1 aliphatic heterocycles. The Morgan fingerprint density at radius 3 is 2.95 bits per heavy atom. The molecule has 0 spiro atoms. The van der Waals surface area contributed by atoms with Crippen molar-refractivity contribution in [1.82, 2.24) is 5.32 Å². The number of rotatable bonds is 6. The van der Waals surface area contributed by atoms with Crippen LogP contribution in [0.3, 0.4) is 0 Å². The number of nitrogens with one attached hydrogen (secondary N) is 2. The minimum Gasteiger partial charge on any atom is -0.384 e. The maximum absolute atomic E-state index is 14.3. The molecular formula is C14H19FN2O4S. The Kier molecular flexibility index (Phi) is 5.49. The molecule has 8 heteroatoms. The van der Waals surface area contributed by atoms with Gasteiger partial charge in [0.2, 0.25) is 5.91 Å². The van der Waals surface area contributed by atoms with Crippen LogP contribution in [0.2, 0.25) is 0 Å². The lowest BCUT2D eigenvalue weighted by atomic mass is 9.99. The first-order valence-electron chi connectivity index (χ1n) is 6.93. The van der Waals surface area contributed by atoms with E-state index in [1.807, 2.05) is 0 Å². The Balaban J connectivity index is 2.06. The van der Waals surface area contributed by atoms with Gasteiger partial charge in [0.25, 0.3) is 0 Å². The van der Waals surface area contributed by atoms with Crippen LogP contribution >= 0.6 is 0 Å². The van der Waals surface area contributed by atoms with E-state index in [0.29, 0.717) is 25.1 Å². The van der Waals surface area contributed by atoms with Crippen LogP contribution in [0, 0.1) is 5.82 Å². The van der Waals surface area contributed by atoms with Crippen LogP contribution in [0.5, 0.6) is 0 Å². The van der Waals surface area contributed by atoms with Crippen LogP contribution in [-0.2, 0) is 32.3 Å². The fourth-order valence-corrected chi connectivity index (χ4v) is 3.34. The van der Waals surface area contributed by atoms with Crippen molar-refractivity contribution < 1.29 is 22.3 Å². The number of hydrogen-bond donors (Lipinski definition) is 2. The van der Waals surface area contributed by atoms with Gasteiger partial charge in [0.05, 0.1) is 18.0 Å². The number of fused-ring (bicyclic) bond motifs is 1. The molecule has 0 atom stereocenters. The van der Waals surface area contributed by atoms with Gasteiger partial charge in [-0.3, -0.25) is 4.79 Å². The summed E-state index contributed by atoms with van der Waals surface area (Å²) in [4.78, 5) is 11.8. The van der Waals surface area contributed by atoms with Crippen molar-refractivity contribution in [3.05, 3.63) is 29.1 Å². The zero-order valence-electron chi connectivity index (χ0n) is 12.3. The number of halogens is 1. The molecule has 0 fully saturated rings. The van der Waals surface area contributed by atoms with Crippen LogP contribution in [0.25, 0.3) is 0 Å². The Morgan fingerprint density at radius 2 is 2.23 bits per heavy atom. The SMILES string of the molecule is COCCS(=O)(=O)CC(=O)Nc1ccc2c(c1F)CCNC2. The minimum atomic E-state index is -3.56. The normalized spacial score (nSPS) is 14.5. The summed E-state index contributed by atoms with van der Waals surface area (Å²) < 4.78 is 42.3. The van der Waals surface area contributed by atoms with Gasteiger partial charge in [0.15, 0.2) is 9.84 Å². The van der Waals surface area contributed by atoms with Crippen molar-refractivity contribution in [2.24, 2.45) is 0 Å². The molecule has 0 aromatic heterocycles. The van der Waals surface area contributed by atoms with E-state index in [2.05, 4.69) is 15.4 Å². The molecule has 0 aliphatic carbocycles. The highest BCUT2D eigenvalue weighted by Crippen LogP contribution is 2.24. The van der Waals surface area contributed by atoms with Crippen LogP contribution in [0.4, 0.5) is 10.1 Å². The predicted molar refractivity (Wildman–Crippen MR) is 81.0 cm³/mol. The zero-order valence-corrected chi connectivity index (χ0v) is 13.1. The van der Waals surface area contributed by atoms with Crippen molar-refractivity contribution in [3.63, 3.8) is 0 Å². The molecule has 2 N–H and O–H groups in total. The van der Waals surface area contributed by atoms with Gasteiger partial charge in [-0.1, -0.05) is 6.07 Å². The third-order valence-electron chi connectivity index (χ3n) is 3.43. The number of carbonyl (C=O) groups excluding carboxylic acids is 1. The van der Waals surface area contributed by atoms with E-state index < -0.39 is 27.3 Å². The number of hydrogen-bond acceptors (Lipinski definition) is 5. The smallest absolute Gasteiger partial charge is 0.239 e. The summed E-state index contributed by atoms with van der Waals surface area (Å²) in [5, 5.41) is 5.47. The van der Waals surface area contributed by atoms with Gasteiger partial charge in [-0.2, -0.15) is 0 Å². The molecule has 0 radical (unpaired) electrons. The van der Waals surface area contributed by atoms with E-state index in [-0.39, 0.29) is 18.0 Å². The average Bonchev–Trinajstić information content (AvgIpc) is 2.48. The maximum Gasteiger partial charge on any atom is 0.239 e. The molecule has 0 bridgehead atoms. The highest BCUT2D eigenvalue weighted by atomic mass is 32.2. The molecule has 0 unspecified atom stereocenters. The molecule has 2 rings (SSSR count). The Hall–Kier alpha value is -1.51. The van der Waals surface area contributed by atoms with E-state index >= 15 is 0 Å². The van der Waals surface area contributed by atoms with Crippen molar-refractivity contribution >= 4 is 21.4 Å². The van der Waals surface area contributed by atoms with E-state index in [1.165, 1.54) is 13.2 Å². The van der Waals surface area contributed by atoms with Gasteiger partial charge < -0.3 is 15.4 Å². The number of methoxy groups -OCH3 is 1. The molecule has 1 aliphatic rings. The average molecular weight is 330 g/mol. The van der Waals surface area contributed by atoms with E-state index in [0.717, 1.165) is 5.56 Å². The summed E-state index contributed by atoms with van der Waals surface area (Å²) in [5.41, 5.74) is 1.45. The lowest BCUT2D eigenvalue weighted by molar-refractivity contribution is -0.113. The summed E-state index contributed by atoms with van der Waals surface area (Å²) in [6.07, 6.45) is 0.539. The molecule has 1 aromatic rings. The van der Waals surface area contributed by atoms with Crippen LogP contribution < -0.4 is 10.6 Å². The van der Waals surface area contributed by atoms with E-state index in [4.69, 9.17) is 0 Å². The van der Waals surface area contributed by atoms with Gasteiger partial charge in [-0.15, -0.1) is 0 Å². The highest BCUT2D eigenvalue weighted by molar-refractivity contribution is 7.92. The van der Waals surface area contributed by atoms with Gasteiger partial charge in [-0.25, -0.2) is 12.8 Å². The molecule has 22 heavy (non-hydrogen) atoms. The Labute approximate surface area is 129 Å². The summed E-state index contributed by atoms with van der Waals surface area (Å²) in [5.74, 6) is -2.16. The highest BCUT2D eigenvalue weighted by Gasteiger charge is 2.20. The minimum absolute atomic E-state index is 0.0209. The van der Waals surface area contributed by atoms with Crippen LogP contribution in [-0.4, -0.2) is 46.1 Å². The molecule has 1 aromatic carbocycles. The van der Waals surface area contributed by atoms with E-state index in [9.17, 15) is 17.6 Å². The summed E-state index contributed by atoms with van der Waals surface area (Å²) >= 11 is 0. The lowest BCUT2D eigenvalue weighted by Gasteiger charge is -2.19. The molecular weight excluding hydrogens is 311 g/mol. The van der Waals surface area contributed by atoms with E-state index in [1.54, 1.807) is 6.07 Å². The largest absolute Gasteiger partial charge is 0.384 e. The Bertz CT molecular complexity index is 661. The first-order chi connectivity index (χ1) is 10.4. The third kappa shape index (κ3) is 4.25. The molecule has 0 saturated carbocycles. The topological polar surface area (TPSA) is 84.5 Å². The second-order valence-electron chi connectivity index (χ2n) is 5.12. The number of ether oxygens (including phenoxy) is 1. The monoisotopic (exact) mass is 330 g/mol. The molecule has 0 saturated heterocycles. The van der Waals surface area contributed by atoms with Crippen LogP contribution in [0.15, 0.2) is 12.1 Å². The number of amides is 1. The Morgan fingerprint density at radius 1 is 1.45 bits per heavy atom. The summed E-state index contributed by atoms with van der Waals surface area (Å²) in [6.45, 7) is 1.29. The third-order valence-corrected chi connectivity index (χ3v) is 4.92. The lowest BCUT2D eigenvalue weighted by Crippen LogP contribution is -2.28.